The van der Waals surface area contributed by atoms with Crippen LogP contribution in [-0.4, -0.2) is 23.3 Å². The fourth-order valence-electron chi connectivity index (χ4n) is 1.60. The first-order chi connectivity index (χ1) is 10.2. The van der Waals surface area contributed by atoms with Gasteiger partial charge in [-0.25, -0.2) is 0 Å². The van der Waals surface area contributed by atoms with Crippen molar-refractivity contribution in [2.24, 2.45) is 0 Å². The molecule has 1 heterocycles. The summed E-state index contributed by atoms with van der Waals surface area (Å²) in [5.41, 5.74) is 1.43. The monoisotopic (exact) mass is 280 g/mol. The molecule has 21 heavy (non-hydrogen) atoms. The highest BCUT2D eigenvalue weighted by Gasteiger charge is 2.08. The van der Waals surface area contributed by atoms with Crippen LogP contribution < -0.4 is 10.6 Å². The van der Waals surface area contributed by atoms with Crippen LogP contribution in [0.5, 0.6) is 0 Å². The number of nitrogens with one attached hydrogen (secondary N) is 2. The Bertz CT molecular complexity index is 675. The number of nitriles is 1. The summed E-state index contributed by atoms with van der Waals surface area (Å²) in [5, 5.41) is 13.8. The summed E-state index contributed by atoms with van der Waals surface area (Å²) in [4.78, 5) is 27.3. The Morgan fingerprint density at radius 1 is 1.19 bits per heavy atom. The van der Waals surface area contributed by atoms with Crippen LogP contribution in [0.15, 0.2) is 48.8 Å². The lowest BCUT2D eigenvalue weighted by molar-refractivity contribution is -0.115. The summed E-state index contributed by atoms with van der Waals surface area (Å²) >= 11 is 0. The highest BCUT2D eigenvalue weighted by Crippen LogP contribution is 2.04. The molecule has 2 rings (SSSR count). The molecule has 0 spiro atoms. The maximum absolute atomic E-state index is 11.8. The van der Waals surface area contributed by atoms with Gasteiger partial charge in [0.1, 0.15) is 0 Å². The van der Waals surface area contributed by atoms with Crippen molar-refractivity contribution in [1.29, 1.82) is 5.26 Å². The van der Waals surface area contributed by atoms with Crippen molar-refractivity contribution in [3.05, 3.63) is 59.9 Å². The Balaban J connectivity index is 1.86. The summed E-state index contributed by atoms with van der Waals surface area (Å²) in [5.74, 6) is -0.717. The largest absolute Gasteiger partial charge is 0.343 e. The Morgan fingerprint density at radius 2 is 1.95 bits per heavy atom. The van der Waals surface area contributed by atoms with Gasteiger partial charge in [-0.3, -0.25) is 14.6 Å². The molecule has 0 atom stereocenters. The van der Waals surface area contributed by atoms with E-state index in [-0.39, 0.29) is 18.4 Å². The number of hydrogen-bond acceptors (Lipinski definition) is 4. The van der Waals surface area contributed by atoms with E-state index >= 15 is 0 Å². The van der Waals surface area contributed by atoms with Crippen molar-refractivity contribution in [2.75, 3.05) is 11.9 Å². The predicted molar refractivity (Wildman–Crippen MR) is 76.4 cm³/mol. The third kappa shape index (κ3) is 4.14. The van der Waals surface area contributed by atoms with Crippen LogP contribution in [0.25, 0.3) is 0 Å². The standard InChI is InChI=1S/C15H12N4O2/c16-8-11-3-5-12(6-4-11)15(21)18-10-14(20)19-13-2-1-7-17-9-13/h1-7,9H,10H2,(H,18,21)(H,19,20). The van der Waals surface area contributed by atoms with Crippen LogP contribution in [0.2, 0.25) is 0 Å². The highest BCUT2D eigenvalue weighted by atomic mass is 16.2. The van der Waals surface area contributed by atoms with Crippen molar-refractivity contribution >= 4 is 17.5 Å². The number of amides is 2. The number of hydrogen-bond donors (Lipinski definition) is 2. The molecule has 0 saturated carbocycles. The molecule has 2 N–H and O–H groups in total. The van der Waals surface area contributed by atoms with Crippen LogP contribution in [0.3, 0.4) is 0 Å². The van der Waals surface area contributed by atoms with E-state index in [2.05, 4.69) is 15.6 Å². The SMILES string of the molecule is N#Cc1ccc(C(=O)NCC(=O)Nc2cccnc2)cc1. The molecule has 0 aliphatic heterocycles. The van der Waals surface area contributed by atoms with Gasteiger partial charge in [-0.05, 0) is 36.4 Å². The first kappa shape index (κ1) is 14.2. The average Bonchev–Trinajstić information content (AvgIpc) is 2.53. The van der Waals surface area contributed by atoms with E-state index in [4.69, 9.17) is 5.26 Å². The Hall–Kier alpha value is -3.20. The Kier molecular flexibility index (Phi) is 4.62. The van der Waals surface area contributed by atoms with Gasteiger partial charge < -0.3 is 10.6 Å². The second-order valence-electron chi connectivity index (χ2n) is 4.16. The van der Waals surface area contributed by atoms with Crippen molar-refractivity contribution in [2.45, 2.75) is 0 Å². The van der Waals surface area contributed by atoms with Gasteiger partial charge in [-0.2, -0.15) is 5.26 Å². The number of pyridine rings is 1. The molecule has 6 nitrogen and oxygen atoms in total. The fourth-order valence-corrected chi connectivity index (χ4v) is 1.60. The quantitative estimate of drug-likeness (QED) is 0.883. The van der Waals surface area contributed by atoms with Gasteiger partial charge in [0.15, 0.2) is 0 Å². The van der Waals surface area contributed by atoms with Gasteiger partial charge in [0.25, 0.3) is 5.91 Å². The molecule has 0 aliphatic rings. The molecule has 2 aromatic rings. The fraction of sp³-hybridized carbons (Fsp3) is 0.0667. The van der Waals surface area contributed by atoms with Crippen molar-refractivity contribution in [3.63, 3.8) is 0 Å². The second-order valence-corrected chi connectivity index (χ2v) is 4.16. The number of aromatic nitrogens is 1. The molecule has 1 aromatic carbocycles. The number of nitrogens with zero attached hydrogens (tertiary/aromatic N) is 2. The van der Waals surface area contributed by atoms with Crippen molar-refractivity contribution in [3.8, 4) is 6.07 Å². The smallest absolute Gasteiger partial charge is 0.251 e. The lowest BCUT2D eigenvalue weighted by atomic mass is 10.1. The van der Waals surface area contributed by atoms with Crippen molar-refractivity contribution in [1.82, 2.24) is 10.3 Å². The molecule has 1 aromatic heterocycles. The normalized spacial score (nSPS) is 9.48. The van der Waals surface area contributed by atoms with E-state index in [1.807, 2.05) is 6.07 Å². The van der Waals surface area contributed by atoms with Gasteiger partial charge in [0.2, 0.25) is 5.91 Å². The van der Waals surface area contributed by atoms with Crippen LogP contribution in [0.1, 0.15) is 15.9 Å². The third-order valence-corrected chi connectivity index (χ3v) is 2.63. The third-order valence-electron chi connectivity index (χ3n) is 2.63. The Morgan fingerprint density at radius 3 is 2.57 bits per heavy atom. The molecule has 0 radical (unpaired) electrons. The molecular weight excluding hydrogens is 268 g/mol. The molecule has 0 bridgehead atoms. The number of anilines is 1. The minimum absolute atomic E-state index is 0.145. The van der Waals surface area contributed by atoms with E-state index < -0.39 is 0 Å². The molecular formula is C15H12N4O2. The predicted octanol–water partition coefficient (Wildman–Crippen LogP) is 1.32. The molecule has 2 amide bonds. The van der Waals surface area contributed by atoms with Crippen LogP contribution in [0.4, 0.5) is 5.69 Å². The van der Waals surface area contributed by atoms with Gasteiger partial charge in [0.05, 0.1) is 30.1 Å². The highest BCUT2D eigenvalue weighted by molar-refractivity contribution is 5.99. The summed E-state index contributed by atoms with van der Waals surface area (Å²) in [7, 11) is 0. The van der Waals surface area contributed by atoms with Crippen LogP contribution in [-0.2, 0) is 4.79 Å². The van der Waals surface area contributed by atoms with Gasteiger partial charge in [-0.1, -0.05) is 0 Å². The summed E-state index contributed by atoms with van der Waals surface area (Å²) in [6, 6.07) is 11.5. The molecule has 104 valence electrons. The van der Waals surface area contributed by atoms with Gasteiger partial charge >= 0.3 is 0 Å². The second kappa shape index (κ2) is 6.82. The Labute approximate surface area is 121 Å². The minimum Gasteiger partial charge on any atom is -0.343 e. The van der Waals surface area contributed by atoms with E-state index in [1.54, 1.807) is 30.5 Å². The van der Waals surface area contributed by atoms with Crippen LogP contribution >= 0.6 is 0 Å². The summed E-state index contributed by atoms with van der Waals surface area (Å²) in [6.45, 7) is -0.145. The number of carbonyl (C=O) groups excluding carboxylic acids is 2. The number of rotatable bonds is 4. The lowest BCUT2D eigenvalue weighted by Gasteiger charge is -2.06. The first-order valence-electron chi connectivity index (χ1n) is 6.17. The zero-order chi connectivity index (χ0) is 15.1. The van der Waals surface area contributed by atoms with Crippen LogP contribution in [0, 0.1) is 11.3 Å². The first-order valence-corrected chi connectivity index (χ1v) is 6.17. The number of benzene rings is 1. The summed E-state index contributed by atoms with van der Waals surface area (Å²) in [6.07, 6.45) is 3.11. The molecule has 6 heteroatoms. The maximum atomic E-state index is 11.8. The molecule has 0 saturated heterocycles. The average molecular weight is 280 g/mol. The van der Waals surface area contributed by atoms with Gasteiger partial charge in [-0.15, -0.1) is 0 Å². The maximum Gasteiger partial charge on any atom is 0.251 e. The zero-order valence-corrected chi connectivity index (χ0v) is 11.0. The zero-order valence-electron chi connectivity index (χ0n) is 11.0. The van der Waals surface area contributed by atoms with E-state index in [9.17, 15) is 9.59 Å². The van der Waals surface area contributed by atoms with E-state index in [1.165, 1.54) is 18.3 Å². The van der Waals surface area contributed by atoms with Crippen molar-refractivity contribution < 1.29 is 9.59 Å². The van der Waals surface area contributed by atoms with E-state index in [0.29, 0.717) is 16.8 Å². The molecule has 0 aliphatic carbocycles. The lowest BCUT2D eigenvalue weighted by Crippen LogP contribution is -2.32. The van der Waals surface area contributed by atoms with Gasteiger partial charge in [0, 0.05) is 11.8 Å². The molecule has 0 unspecified atom stereocenters. The van der Waals surface area contributed by atoms with E-state index in [0.717, 1.165) is 0 Å². The minimum atomic E-state index is -0.374. The topological polar surface area (TPSA) is 94.9 Å². The summed E-state index contributed by atoms with van der Waals surface area (Å²) < 4.78 is 0. The number of carbonyl (C=O) groups is 2. The molecule has 0 fully saturated rings.